The summed E-state index contributed by atoms with van der Waals surface area (Å²) in [5.41, 5.74) is 0. The molecular formula is C13H19NO2. The third-order valence-corrected chi connectivity index (χ3v) is 3.24. The van der Waals surface area contributed by atoms with Crippen molar-refractivity contribution in [2.75, 3.05) is 19.7 Å². The Morgan fingerprint density at radius 3 is 2.81 bits per heavy atom. The van der Waals surface area contributed by atoms with Gasteiger partial charge in [-0.15, -0.1) is 6.42 Å². The molecule has 2 rings (SSSR count). The van der Waals surface area contributed by atoms with Crippen LogP contribution in [0.4, 0.5) is 0 Å². The number of terminal acetylenes is 1. The Labute approximate surface area is 97.1 Å². The van der Waals surface area contributed by atoms with E-state index in [1.54, 1.807) is 0 Å². The maximum atomic E-state index is 12.0. The maximum absolute atomic E-state index is 12.0. The highest BCUT2D eigenvalue weighted by molar-refractivity contribution is 5.77. The lowest BCUT2D eigenvalue weighted by Crippen LogP contribution is -2.35. The van der Waals surface area contributed by atoms with Crippen molar-refractivity contribution in [1.82, 2.24) is 4.90 Å². The molecule has 0 bridgehead atoms. The van der Waals surface area contributed by atoms with Gasteiger partial charge in [-0.05, 0) is 31.6 Å². The zero-order valence-electron chi connectivity index (χ0n) is 9.65. The number of hydrogen-bond acceptors (Lipinski definition) is 2. The van der Waals surface area contributed by atoms with E-state index in [2.05, 4.69) is 5.92 Å². The van der Waals surface area contributed by atoms with Crippen molar-refractivity contribution in [2.24, 2.45) is 5.92 Å². The van der Waals surface area contributed by atoms with Crippen molar-refractivity contribution in [3.63, 3.8) is 0 Å². The number of hydrogen-bond donors (Lipinski definition) is 0. The molecule has 1 amide bonds. The van der Waals surface area contributed by atoms with Crippen LogP contribution in [-0.4, -0.2) is 36.6 Å². The number of amides is 1. The fourth-order valence-corrected chi connectivity index (χ4v) is 2.11. The predicted octanol–water partition coefficient (Wildman–Crippen LogP) is 1.43. The van der Waals surface area contributed by atoms with E-state index >= 15 is 0 Å². The summed E-state index contributed by atoms with van der Waals surface area (Å²) in [6.45, 7) is 2.09. The highest BCUT2D eigenvalue weighted by atomic mass is 16.5. The lowest BCUT2D eigenvalue weighted by atomic mass is 10.1. The molecule has 3 nitrogen and oxygen atoms in total. The molecule has 2 aliphatic rings. The number of rotatable bonds is 5. The number of nitrogens with zero attached hydrogens (tertiary/aromatic N) is 1. The lowest BCUT2D eigenvalue weighted by Gasteiger charge is -2.21. The Balaban J connectivity index is 1.80. The average Bonchev–Trinajstić information content (AvgIpc) is 2.94. The average molecular weight is 221 g/mol. The predicted molar refractivity (Wildman–Crippen MR) is 61.7 cm³/mol. The first-order valence-corrected chi connectivity index (χ1v) is 6.12. The van der Waals surface area contributed by atoms with Gasteiger partial charge in [0.05, 0.1) is 19.1 Å². The number of carbonyl (C=O) groups is 1. The first-order chi connectivity index (χ1) is 7.79. The van der Waals surface area contributed by atoms with Gasteiger partial charge in [0.1, 0.15) is 0 Å². The molecule has 0 radical (unpaired) electrons. The van der Waals surface area contributed by atoms with Crippen LogP contribution >= 0.6 is 0 Å². The molecule has 2 fully saturated rings. The van der Waals surface area contributed by atoms with Gasteiger partial charge >= 0.3 is 0 Å². The molecule has 1 aliphatic heterocycles. The minimum Gasteiger partial charge on any atom is -0.378 e. The van der Waals surface area contributed by atoms with Crippen LogP contribution in [0.3, 0.4) is 0 Å². The van der Waals surface area contributed by atoms with Crippen molar-refractivity contribution in [3.05, 3.63) is 0 Å². The molecule has 88 valence electrons. The minimum atomic E-state index is 0.131. The topological polar surface area (TPSA) is 29.5 Å². The highest BCUT2D eigenvalue weighted by Crippen LogP contribution is 2.30. The van der Waals surface area contributed by atoms with E-state index in [1.165, 1.54) is 12.8 Å². The Hall–Kier alpha value is -1.01. The fourth-order valence-electron chi connectivity index (χ4n) is 2.11. The van der Waals surface area contributed by atoms with Gasteiger partial charge in [0.15, 0.2) is 0 Å². The van der Waals surface area contributed by atoms with Crippen LogP contribution in [0.15, 0.2) is 0 Å². The van der Waals surface area contributed by atoms with Crippen molar-refractivity contribution >= 4 is 5.91 Å². The summed E-state index contributed by atoms with van der Waals surface area (Å²) in [6, 6.07) is 0. The van der Waals surface area contributed by atoms with Gasteiger partial charge in [0.2, 0.25) is 5.91 Å². The van der Waals surface area contributed by atoms with Gasteiger partial charge in [-0.25, -0.2) is 0 Å². The molecule has 0 aromatic rings. The van der Waals surface area contributed by atoms with E-state index in [-0.39, 0.29) is 12.0 Å². The second-order valence-electron chi connectivity index (χ2n) is 4.76. The van der Waals surface area contributed by atoms with E-state index in [9.17, 15) is 4.79 Å². The monoisotopic (exact) mass is 221 g/mol. The van der Waals surface area contributed by atoms with Crippen LogP contribution in [0.2, 0.25) is 0 Å². The first-order valence-electron chi connectivity index (χ1n) is 6.12. The minimum absolute atomic E-state index is 0.131. The molecule has 1 atom stereocenters. The van der Waals surface area contributed by atoms with Crippen LogP contribution in [-0.2, 0) is 9.53 Å². The third kappa shape index (κ3) is 3.24. The molecule has 1 unspecified atom stereocenters. The second-order valence-corrected chi connectivity index (χ2v) is 4.76. The van der Waals surface area contributed by atoms with Crippen molar-refractivity contribution < 1.29 is 9.53 Å². The molecule has 1 aliphatic carbocycles. The number of carbonyl (C=O) groups excluding carboxylic acids is 1. The molecule has 0 aromatic carbocycles. The third-order valence-electron chi connectivity index (χ3n) is 3.24. The second kappa shape index (κ2) is 5.36. The Morgan fingerprint density at radius 1 is 1.44 bits per heavy atom. The molecule has 1 saturated carbocycles. The van der Waals surface area contributed by atoms with Crippen LogP contribution < -0.4 is 0 Å². The van der Waals surface area contributed by atoms with Gasteiger partial charge < -0.3 is 9.64 Å². The smallest absolute Gasteiger partial charge is 0.225 e. The fraction of sp³-hybridized carbons (Fsp3) is 0.769. The maximum Gasteiger partial charge on any atom is 0.225 e. The van der Waals surface area contributed by atoms with Gasteiger partial charge in [0.25, 0.3) is 0 Å². The number of ether oxygens (including phenoxy) is 1. The van der Waals surface area contributed by atoms with Crippen molar-refractivity contribution in [1.29, 1.82) is 0 Å². The van der Waals surface area contributed by atoms with Gasteiger partial charge in [-0.2, -0.15) is 0 Å². The van der Waals surface area contributed by atoms with Crippen LogP contribution in [0.25, 0.3) is 0 Å². The summed E-state index contributed by atoms with van der Waals surface area (Å²) in [7, 11) is 0. The normalized spacial score (nSPS) is 24.1. The summed E-state index contributed by atoms with van der Waals surface area (Å²) >= 11 is 0. The Kier molecular flexibility index (Phi) is 3.84. The summed E-state index contributed by atoms with van der Waals surface area (Å²) in [5.74, 6) is 3.43. The first kappa shape index (κ1) is 11.5. The molecule has 0 spiro atoms. The highest BCUT2D eigenvalue weighted by Gasteiger charge is 2.28. The molecule has 1 heterocycles. The van der Waals surface area contributed by atoms with Crippen molar-refractivity contribution in [3.8, 4) is 12.3 Å². The van der Waals surface area contributed by atoms with Gasteiger partial charge in [-0.1, -0.05) is 5.92 Å². The van der Waals surface area contributed by atoms with E-state index in [1.807, 2.05) is 4.90 Å². The van der Waals surface area contributed by atoms with Gasteiger partial charge in [-0.3, -0.25) is 4.79 Å². The molecule has 1 saturated heterocycles. The Morgan fingerprint density at radius 2 is 2.25 bits per heavy atom. The van der Waals surface area contributed by atoms with Crippen molar-refractivity contribution in [2.45, 2.75) is 38.2 Å². The molecule has 3 heteroatoms. The van der Waals surface area contributed by atoms with E-state index in [0.717, 1.165) is 26.0 Å². The molecule has 0 N–H and O–H groups in total. The summed E-state index contributed by atoms with van der Waals surface area (Å²) in [4.78, 5) is 13.8. The molecule has 0 aromatic heterocycles. The van der Waals surface area contributed by atoms with Crippen LogP contribution in [0.5, 0.6) is 0 Å². The van der Waals surface area contributed by atoms with Crippen LogP contribution in [0.1, 0.15) is 32.1 Å². The summed E-state index contributed by atoms with van der Waals surface area (Å²) in [5, 5.41) is 0. The molecule has 16 heavy (non-hydrogen) atoms. The van der Waals surface area contributed by atoms with Gasteiger partial charge in [0, 0.05) is 13.2 Å². The van der Waals surface area contributed by atoms with E-state index < -0.39 is 0 Å². The summed E-state index contributed by atoms with van der Waals surface area (Å²) < 4.78 is 5.47. The quantitative estimate of drug-likeness (QED) is 0.657. The van der Waals surface area contributed by atoms with E-state index in [4.69, 9.17) is 11.2 Å². The summed E-state index contributed by atoms with van der Waals surface area (Å²) in [6.07, 6.45) is 10.5. The zero-order valence-corrected chi connectivity index (χ0v) is 9.65. The zero-order chi connectivity index (χ0) is 11.4. The van der Waals surface area contributed by atoms with E-state index in [0.29, 0.717) is 18.9 Å². The van der Waals surface area contributed by atoms with Crippen LogP contribution in [0, 0.1) is 18.3 Å². The lowest BCUT2D eigenvalue weighted by molar-refractivity contribution is -0.133. The standard InChI is InChI=1S/C13H19NO2/c1-2-7-14(10-11-5-6-11)13(15)9-12-4-3-8-16-12/h1,11-12H,3-10H2. The Bertz CT molecular complexity index is 285. The molecular weight excluding hydrogens is 202 g/mol. The SMILES string of the molecule is C#CCN(CC1CC1)C(=O)CC1CCCO1. The largest absolute Gasteiger partial charge is 0.378 e.